The Morgan fingerprint density at radius 2 is 1.74 bits per heavy atom. The van der Waals surface area contributed by atoms with Crippen LogP contribution in [-0.4, -0.2) is 65.5 Å². The number of fused-ring (bicyclic) bond motifs is 1. The number of halogens is 2. The van der Waals surface area contributed by atoms with E-state index in [0.717, 1.165) is 44.5 Å². The van der Waals surface area contributed by atoms with Crippen LogP contribution in [0.2, 0.25) is 0 Å². The summed E-state index contributed by atoms with van der Waals surface area (Å²) in [5, 5.41) is 7.14. The highest BCUT2D eigenvalue weighted by molar-refractivity contribution is 5.78. The molecule has 3 heterocycles. The lowest BCUT2D eigenvalue weighted by Gasteiger charge is -2.30. The molecule has 0 radical (unpaired) electrons. The molecular formula is C31H37F2N7O2. The molecule has 2 aliphatic rings. The topological polar surface area (TPSA) is 89.4 Å². The van der Waals surface area contributed by atoms with Crippen molar-refractivity contribution in [2.45, 2.75) is 44.7 Å². The number of aromatic nitrogens is 4. The van der Waals surface area contributed by atoms with Crippen LogP contribution in [0.15, 0.2) is 54.6 Å². The molecule has 0 amide bonds. The van der Waals surface area contributed by atoms with Gasteiger partial charge in [-0.1, -0.05) is 24.3 Å². The van der Waals surface area contributed by atoms with Crippen LogP contribution in [0.1, 0.15) is 43.5 Å². The standard InChI is InChI=1S/C31H37F2N7O2/c1-41-24-6-4-5-22(17-24)20-34-23-11-9-21(10-12-23)19-35-31-37-27(39-13-15-42-16-14-39)18-28(38-31)40-26-8-3-2-7-25(26)36-30(40)29(32)33/h2-8,17-18,21,23,29,34H,9-16,19-20H2,1H3,(H,35,37,38). The molecule has 1 aliphatic heterocycles. The largest absolute Gasteiger partial charge is 0.497 e. The normalized spacial score (nSPS) is 19.4. The van der Waals surface area contributed by atoms with Crippen molar-refractivity contribution in [2.75, 3.05) is 50.2 Å². The predicted octanol–water partition coefficient (Wildman–Crippen LogP) is 5.36. The van der Waals surface area contributed by atoms with Gasteiger partial charge in [0.25, 0.3) is 6.43 Å². The molecule has 0 bridgehead atoms. The molecule has 1 aliphatic carbocycles. The van der Waals surface area contributed by atoms with Crippen molar-refractivity contribution in [1.29, 1.82) is 0 Å². The number of nitrogens with zero attached hydrogens (tertiary/aromatic N) is 5. The molecular weight excluding hydrogens is 540 g/mol. The van der Waals surface area contributed by atoms with Gasteiger partial charge in [-0.15, -0.1) is 0 Å². The van der Waals surface area contributed by atoms with Crippen LogP contribution in [0, 0.1) is 5.92 Å². The molecule has 6 rings (SSSR count). The van der Waals surface area contributed by atoms with E-state index in [1.165, 1.54) is 10.1 Å². The molecule has 42 heavy (non-hydrogen) atoms. The van der Waals surface area contributed by atoms with Gasteiger partial charge >= 0.3 is 0 Å². The summed E-state index contributed by atoms with van der Waals surface area (Å²) in [7, 11) is 1.69. The van der Waals surface area contributed by atoms with Gasteiger partial charge in [0, 0.05) is 38.3 Å². The molecule has 2 fully saturated rings. The lowest BCUT2D eigenvalue weighted by atomic mass is 9.86. The van der Waals surface area contributed by atoms with Crippen LogP contribution in [-0.2, 0) is 11.3 Å². The van der Waals surface area contributed by atoms with Gasteiger partial charge in [-0.25, -0.2) is 13.8 Å². The average Bonchev–Trinajstić information content (AvgIpc) is 3.44. The van der Waals surface area contributed by atoms with E-state index in [2.05, 4.69) is 32.7 Å². The Morgan fingerprint density at radius 1 is 0.952 bits per heavy atom. The Balaban J connectivity index is 1.15. The average molecular weight is 578 g/mol. The minimum atomic E-state index is -2.75. The monoisotopic (exact) mass is 577 g/mol. The van der Waals surface area contributed by atoms with Crippen LogP contribution >= 0.6 is 0 Å². The number of para-hydroxylation sites is 2. The van der Waals surface area contributed by atoms with Gasteiger partial charge in [-0.3, -0.25) is 4.57 Å². The fourth-order valence-electron chi connectivity index (χ4n) is 5.85. The number of imidazole rings is 1. The van der Waals surface area contributed by atoms with Crippen LogP contribution in [0.3, 0.4) is 0 Å². The summed E-state index contributed by atoms with van der Waals surface area (Å²) < 4.78 is 40.6. The first-order valence-corrected chi connectivity index (χ1v) is 14.7. The van der Waals surface area contributed by atoms with Gasteiger partial charge in [-0.2, -0.15) is 9.97 Å². The van der Waals surface area contributed by atoms with Crippen molar-refractivity contribution in [3.05, 3.63) is 66.0 Å². The van der Waals surface area contributed by atoms with E-state index < -0.39 is 6.43 Å². The maximum atomic E-state index is 14.1. The van der Waals surface area contributed by atoms with Crippen molar-refractivity contribution in [1.82, 2.24) is 24.8 Å². The lowest BCUT2D eigenvalue weighted by molar-refractivity contribution is 0.122. The smallest absolute Gasteiger partial charge is 0.296 e. The number of anilines is 2. The summed E-state index contributed by atoms with van der Waals surface area (Å²) in [6.07, 6.45) is 1.61. The number of ether oxygens (including phenoxy) is 2. The number of alkyl halides is 2. The highest BCUT2D eigenvalue weighted by atomic mass is 19.3. The lowest BCUT2D eigenvalue weighted by Crippen LogP contribution is -2.37. The molecule has 222 valence electrons. The Hall–Kier alpha value is -3.83. The zero-order chi connectivity index (χ0) is 28.9. The minimum Gasteiger partial charge on any atom is -0.497 e. The van der Waals surface area contributed by atoms with Crippen molar-refractivity contribution in [3.8, 4) is 11.6 Å². The third-order valence-corrected chi connectivity index (χ3v) is 8.17. The highest BCUT2D eigenvalue weighted by Gasteiger charge is 2.24. The van der Waals surface area contributed by atoms with E-state index >= 15 is 0 Å². The zero-order valence-electron chi connectivity index (χ0n) is 23.8. The fourth-order valence-corrected chi connectivity index (χ4v) is 5.85. The first-order chi connectivity index (χ1) is 20.6. The number of morpholine rings is 1. The maximum Gasteiger partial charge on any atom is 0.296 e. The van der Waals surface area contributed by atoms with Gasteiger partial charge < -0.3 is 25.0 Å². The first kappa shape index (κ1) is 28.3. The van der Waals surface area contributed by atoms with Gasteiger partial charge in [-0.05, 0) is 61.4 Å². The van der Waals surface area contributed by atoms with Crippen molar-refractivity contribution in [3.63, 3.8) is 0 Å². The van der Waals surface area contributed by atoms with Gasteiger partial charge in [0.1, 0.15) is 17.4 Å². The number of nitrogens with one attached hydrogen (secondary N) is 2. The second-order valence-corrected chi connectivity index (χ2v) is 10.9. The molecule has 1 saturated carbocycles. The SMILES string of the molecule is COc1cccc(CNC2CCC(CNc3nc(N4CCOCC4)cc(-n4c(C(F)F)nc5ccccc54)n3)CC2)c1. The highest BCUT2D eigenvalue weighted by Crippen LogP contribution is 2.30. The zero-order valence-corrected chi connectivity index (χ0v) is 23.8. The summed E-state index contributed by atoms with van der Waals surface area (Å²) in [6.45, 7) is 4.07. The number of benzene rings is 2. The number of hydrogen-bond acceptors (Lipinski definition) is 8. The van der Waals surface area contributed by atoms with E-state index in [4.69, 9.17) is 19.4 Å². The number of methoxy groups -OCH3 is 1. The van der Waals surface area contributed by atoms with Crippen LogP contribution in [0.5, 0.6) is 5.75 Å². The summed E-state index contributed by atoms with van der Waals surface area (Å²) in [5.41, 5.74) is 2.31. The van der Waals surface area contributed by atoms with Gasteiger partial charge in [0.2, 0.25) is 5.95 Å². The molecule has 2 aromatic carbocycles. The molecule has 0 unspecified atom stereocenters. The minimum absolute atomic E-state index is 0.325. The molecule has 4 aromatic rings. The Bertz CT molecular complexity index is 1480. The van der Waals surface area contributed by atoms with E-state index in [1.807, 2.05) is 18.2 Å². The third kappa shape index (κ3) is 6.47. The number of rotatable bonds is 10. The molecule has 2 aromatic heterocycles. The molecule has 2 N–H and O–H groups in total. The quantitative estimate of drug-likeness (QED) is 0.261. The first-order valence-electron chi connectivity index (χ1n) is 14.7. The Kier molecular flexibility index (Phi) is 8.76. The second kappa shape index (κ2) is 13.0. The summed E-state index contributed by atoms with van der Waals surface area (Å²) >= 11 is 0. The van der Waals surface area contributed by atoms with Crippen molar-refractivity contribution >= 4 is 22.8 Å². The molecule has 0 atom stereocenters. The van der Waals surface area contributed by atoms with E-state index in [1.54, 1.807) is 31.4 Å². The predicted molar refractivity (Wildman–Crippen MR) is 159 cm³/mol. The maximum absolute atomic E-state index is 14.1. The van der Waals surface area contributed by atoms with Crippen LogP contribution in [0.25, 0.3) is 16.9 Å². The fraction of sp³-hybridized carbons (Fsp3) is 0.452. The molecule has 0 spiro atoms. The van der Waals surface area contributed by atoms with E-state index in [9.17, 15) is 8.78 Å². The second-order valence-electron chi connectivity index (χ2n) is 10.9. The van der Waals surface area contributed by atoms with Crippen LogP contribution < -0.4 is 20.3 Å². The summed E-state index contributed by atoms with van der Waals surface area (Å²) in [6, 6.07) is 17.5. The van der Waals surface area contributed by atoms with Gasteiger partial charge in [0.15, 0.2) is 5.82 Å². The summed E-state index contributed by atoms with van der Waals surface area (Å²) in [5.74, 6) is 2.53. The Morgan fingerprint density at radius 3 is 2.52 bits per heavy atom. The third-order valence-electron chi connectivity index (χ3n) is 8.17. The van der Waals surface area contributed by atoms with Crippen molar-refractivity contribution < 1.29 is 18.3 Å². The molecule has 1 saturated heterocycles. The van der Waals surface area contributed by atoms with E-state index in [0.29, 0.717) is 66.9 Å². The van der Waals surface area contributed by atoms with Crippen molar-refractivity contribution in [2.24, 2.45) is 5.92 Å². The molecule has 9 nitrogen and oxygen atoms in total. The Labute approximate surface area is 244 Å². The molecule has 11 heteroatoms. The summed E-state index contributed by atoms with van der Waals surface area (Å²) in [4.78, 5) is 15.9. The number of hydrogen-bond donors (Lipinski definition) is 2. The van der Waals surface area contributed by atoms with Crippen LogP contribution in [0.4, 0.5) is 20.5 Å². The van der Waals surface area contributed by atoms with E-state index in [-0.39, 0.29) is 5.82 Å². The van der Waals surface area contributed by atoms with Gasteiger partial charge in [0.05, 0.1) is 31.4 Å².